The maximum Gasteiger partial charge on any atom is 0.127 e. The van der Waals surface area contributed by atoms with Gasteiger partial charge in [0.2, 0.25) is 0 Å². The molecular formula is C33H41NO2. The zero-order valence-electron chi connectivity index (χ0n) is 22.3. The minimum absolute atomic E-state index is 0.140. The van der Waals surface area contributed by atoms with Crippen LogP contribution in [0.25, 0.3) is 5.57 Å². The van der Waals surface area contributed by atoms with Crippen molar-refractivity contribution in [1.82, 2.24) is 4.90 Å². The van der Waals surface area contributed by atoms with E-state index < -0.39 is 0 Å². The largest absolute Gasteiger partial charge is 0.488 e. The third-order valence-electron chi connectivity index (χ3n) is 7.16. The molecule has 0 saturated heterocycles. The van der Waals surface area contributed by atoms with E-state index in [0.29, 0.717) is 6.61 Å². The lowest BCUT2D eigenvalue weighted by Crippen LogP contribution is -2.20. The SMILES string of the molecule is CN(CCC=C1c2ccccc2COc2ccccc21)CCCCC(O)c1ccc(C(C)(C)C)cc1. The number of para-hydroxylation sites is 1. The predicted molar refractivity (Wildman–Crippen MR) is 150 cm³/mol. The summed E-state index contributed by atoms with van der Waals surface area (Å²) in [5.74, 6) is 0.958. The van der Waals surface area contributed by atoms with Gasteiger partial charge in [-0.05, 0) is 78.6 Å². The molecule has 1 atom stereocenters. The molecule has 190 valence electrons. The van der Waals surface area contributed by atoms with Crippen molar-refractivity contribution in [2.75, 3.05) is 20.1 Å². The molecule has 0 bridgehead atoms. The maximum atomic E-state index is 10.6. The second-order valence-electron chi connectivity index (χ2n) is 11.0. The molecular weight excluding hydrogens is 442 g/mol. The molecule has 0 spiro atoms. The van der Waals surface area contributed by atoms with Crippen LogP contribution < -0.4 is 4.74 Å². The topological polar surface area (TPSA) is 32.7 Å². The minimum atomic E-state index is -0.383. The number of aliphatic hydroxyl groups is 1. The molecule has 1 N–H and O–H groups in total. The zero-order chi connectivity index (χ0) is 25.5. The van der Waals surface area contributed by atoms with E-state index in [1.54, 1.807) is 0 Å². The van der Waals surface area contributed by atoms with Crippen LogP contribution in [-0.2, 0) is 12.0 Å². The first-order valence-corrected chi connectivity index (χ1v) is 13.3. The highest BCUT2D eigenvalue weighted by Crippen LogP contribution is 2.36. The Morgan fingerprint density at radius 3 is 2.33 bits per heavy atom. The highest BCUT2D eigenvalue weighted by Gasteiger charge is 2.18. The van der Waals surface area contributed by atoms with Gasteiger partial charge in [-0.2, -0.15) is 0 Å². The molecule has 3 aromatic carbocycles. The second kappa shape index (κ2) is 11.9. The first-order valence-electron chi connectivity index (χ1n) is 13.3. The van der Waals surface area contributed by atoms with Crippen LogP contribution in [0.15, 0.2) is 78.9 Å². The van der Waals surface area contributed by atoms with Crippen molar-refractivity contribution in [3.8, 4) is 5.75 Å². The fourth-order valence-electron chi connectivity index (χ4n) is 4.88. The van der Waals surface area contributed by atoms with E-state index in [1.165, 1.54) is 27.8 Å². The summed E-state index contributed by atoms with van der Waals surface area (Å²) in [6.45, 7) is 9.30. The Labute approximate surface area is 217 Å². The summed E-state index contributed by atoms with van der Waals surface area (Å²) in [4.78, 5) is 2.40. The Morgan fingerprint density at radius 1 is 0.889 bits per heavy atom. The van der Waals surface area contributed by atoms with Gasteiger partial charge in [0.25, 0.3) is 0 Å². The summed E-state index contributed by atoms with van der Waals surface area (Å²) in [5.41, 5.74) is 7.42. The summed E-state index contributed by atoms with van der Waals surface area (Å²) in [6.07, 6.45) is 5.88. The standard InChI is InChI=1S/C33H41NO2/c1-33(2,3)27-20-18-25(19-21-27)31(35)16-9-10-22-34(4)23-11-15-29-28-13-6-5-12-26(28)24-36-32-17-8-7-14-30(29)32/h5-8,12-15,17-21,31,35H,9-11,16,22-24H2,1-4H3. The Balaban J connectivity index is 1.27. The van der Waals surface area contributed by atoms with Crippen molar-refractivity contribution in [2.24, 2.45) is 0 Å². The number of hydrogen-bond acceptors (Lipinski definition) is 3. The van der Waals surface area contributed by atoms with Gasteiger partial charge in [-0.25, -0.2) is 0 Å². The smallest absolute Gasteiger partial charge is 0.127 e. The van der Waals surface area contributed by atoms with Crippen molar-refractivity contribution in [1.29, 1.82) is 0 Å². The molecule has 36 heavy (non-hydrogen) atoms. The average molecular weight is 484 g/mol. The zero-order valence-corrected chi connectivity index (χ0v) is 22.3. The molecule has 0 amide bonds. The van der Waals surface area contributed by atoms with Crippen LogP contribution in [-0.4, -0.2) is 30.1 Å². The van der Waals surface area contributed by atoms with Crippen LogP contribution in [0, 0.1) is 0 Å². The number of nitrogens with zero attached hydrogens (tertiary/aromatic N) is 1. The molecule has 4 rings (SSSR count). The number of fused-ring (bicyclic) bond motifs is 2. The minimum Gasteiger partial charge on any atom is -0.488 e. The predicted octanol–water partition coefficient (Wildman–Crippen LogP) is 7.53. The highest BCUT2D eigenvalue weighted by molar-refractivity contribution is 5.84. The maximum absolute atomic E-state index is 10.6. The molecule has 3 heteroatoms. The summed E-state index contributed by atoms with van der Waals surface area (Å²) in [5, 5.41) is 10.6. The molecule has 3 nitrogen and oxygen atoms in total. The first kappa shape index (κ1) is 26.2. The lowest BCUT2D eigenvalue weighted by atomic mass is 9.86. The van der Waals surface area contributed by atoms with Crippen molar-refractivity contribution in [3.05, 3.63) is 107 Å². The Bertz CT molecular complexity index is 1110. The molecule has 1 aliphatic heterocycles. The lowest BCUT2D eigenvalue weighted by molar-refractivity contribution is 0.161. The number of ether oxygens (including phenoxy) is 1. The molecule has 0 aromatic heterocycles. The summed E-state index contributed by atoms with van der Waals surface area (Å²) in [6, 6.07) is 25.4. The van der Waals surface area contributed by atoms with Gasteiger partial charge < -0.3 is 14.7 Å². The van der Waals surface area contributed by atoms with Crippen LogP contribution in [0.1, 0.15) is 80.4 Å². The number of rotatable bonds is 9. The molecule has 0 fully saturated rings. The number of benzene rings is 3. The van der Waals surface area contributed by atoms with Crippen LogP contribution in [0.5, 0.6) is 5.75 Å². The number of hydrogen-bond donors (Lipinski definition) is 1. The normalized spacial score (nSPS) is 15.2. The van der Waals surface area contributed by atoms with E-state index in [1.807, 2.05) is 6.07 Å². The van der Waals surface area contributed by atoms with Crippen molar-refractivity contribution in [2.45, 2.75) is 64.6 Å². The van der Waals surface area contributed by atoms with Crippen LogP contribution in [0.3, 0.4) is 0 Å². The molecule has 0 aliphatic carbocycles. The van der Waals surface area contributed by atoms with Gasteiger partial charge in [-0.15, -0.1) is 0 Å². The number of aliphatic hydroxyl groups excluding tert-OH is 1. The van der Waals surface area contributed by atoms with E-state index in [9.17, 15) is 5.11 Å². The van der Waals surface area contributed by atoms with Crippen molar-refractivity contribution >= 4 is 5.57 Å². The molecule has 1 heterocycles. The van der Waals surface area contributed by atoms with Crippen LogP contribution in [0.2, 0.25) is 0 Å². The Hall–Kier alpha value is -2.88. The summed E-state index contributed by atoms with van der Waals surface area (Å²) in [7, 11) is 2.19. The van der Waals surface area contributed by atoms with Crippen LogP contribution >= 0.6 is 0 Å². The first-order chi connectivity index (χ1) is 17.3. The van der Waals surface area contributed by atoms with Gasteiger partial charge in [-0.1, -0.05) is 93.6 Å². The Morgan fingerprint density at radius 2 is 1.58 bits per heavy atom. The molecule has 0 saturated carbocycles. The molecule has 1 unspecified atom stereocenters. The van der Waals surface area contributed by atoms with Gasteiger partial charge >= 0.3 is 0 Å². The third-order valence-corrected chi connectivity index (χ3v) is 7.16. The van der Waals surface area contributed by atoms with Gasteiger partial charge in [0.15, 0.2) is 0 Å². The molecule has 3 aromatic rings. The monoisotopic (exact) mass is 483 g/mol. The Kier molecular flexibility index (Phi) is 8.66. The third kappa shape index (κ3) is 6.66. The van der Waals surface area contributed by atoms with Gasteiger partial charge in [0.1, 0.15) is 12.4 Å². The second-order valence-corrected chi connectivity index (χ2v) is 11.0. The quantitative estimate of drug-likeness (QED) is 0.319. The lowest BCUT2D eigenvalue weighted by Gasteiger charge is -2.20. The number of unbranched alkanes of at least 4 members (excludes halogenated alkanes) is 1. The van der Waals surface area contributed by atoms with E-state index in [-0.39, 0.29) is 11.5 Å². The van der Waals surface area contributed by atoms with Gasteiger partial charge in [0, 0.05) is 12.1 Å². The summed E-state index contributed by atoms with van der Waals surface area (Å²) >= 11 is 0. The fourth-order valence-corrected chi connectivity index (χ4v) is 4.88. The average Bonchev–Trinajstić information content (AvgIpc) is 3.03. The van der Waals surface area contributed by atoms with Gasteiger partial charge in [0.05, 0.1) is 6.10 Å². The van der Waals surface area contributed by atoms with E-state index in [0.717, 1.165) is 50.1 Å². The molecule has 1 aliphatic rings. The van der Waals surface area contributed by atoms with Crippen LogP contribution in [0.4, 0.5) is 0 Å². The van der Waals surface area contributed by atoms with Gasteiger partial charge in [-0.3, -0.25) is 0 Å². The highest BCUT2D eigenvalue weighted by atomic mass is 16.5. The van der Waals surface area contributed by atoms with E-state index in [2.05, 4.69) is 106 Å². The van der Waals surface area contributed by atoms with Crippen molar-refractivity contribution < 1.29 is 9.84 Å². The summed E-state index contributed by atoms with van der Waals surface area (Å²) < 4.78 is 6.10. The fraction of sp³-hybridized carbons (Fsp3) is 0.394. The van der Waals surface area contributed by atoms with E-state index >= 15 is 0 Å². The molecule has 0 radical (unpaired) electrons. The van der Waals surface area contributed by atoms with E-state index in [4.69, 9.17) is 4.74 Å². The van der Waals surface area contributed by atoms with Crippen molar-refractivity contribution in [3.63, 3.8) is 0 Å².